The van der Waals surface area contributed by atoms with Gasteiger partial charge in [-0.15, -0.1) is 0 Å². The van der Waals surface area contributed by atoms with Crippen molar-refractivity contribution in [2.24, 2.45) is 0 Å². The van der Waals surface area contributed by atoms with Crippen LogP contribution in [0, 0.1) is 0 Å². The highest BCUT2D eigenvalue weighted by Crippen LogP contribution is 2.48. The molecule has 3 rings (SSSR count). The maximum Gasteiger partial charge on any atom is 0.333 e. The zero-order valence-electron chi connectivity index (χ0n) is 12.6. The van der Waals surface area contributed by atoms with E-state index in [-0.39, 0.29) is 18.8 Å². The van der Waals surface area contributed by atoms with Gasteiger partial charge in [0, 0.05) is 30.0 Å². The highest BCUT2D eigenvalue weighted by molar-refractivity contribution is 7.83. The Hall–Kier alpha value is -0.700. The van der Waals surface area contributed by atoms with Crippen LogP contribution >= 0.6 is 11.6 Å². The molecule has 2 unspecified atom stereocenters. The van der Waals surface area contributed by atoms with Crippen LogP contribution in [0.4, 0.5) is 0 Å². The summed E-state index contributed by atoms with van der Waals surface area (Å²) in [4.78, 5) is 0. The largest absolute Gasteiger partial charge is 0.344 e. The van der Waals surface area contributed by atoms with Crippen LogP contribution in [-0.4, -0.2) is 31.4 Å². The lowest BCUT2D eigenvalue weighted by atomic mass is 10.0. The lowest BCUT2D eigenvalue weighted by Gasteiger charge is -2.22. The van der Waals surface area contributed by atoms with Gasteiger partial charge < -0.3 is 9.47 Å². The number of ether oxygens (including phenoxy) is 2. The van der Waals surface area contributed by atoms with Crippen LogP contribution in [0.5, 0.6) is 0 Å². The van der Waals surface area contributed by atoms with E-state index < -0.39 is 16.1 Å². The van der Waals surface area contributed by atoms with Gasteiger partial charge in [0.05, 0.1) is 6.10 Å². The fourth-order valence-electron chi connectivity index (χ4n) is 3.33. The Balaban J connectivity index is 1.77. The predicted molar refractivity (Wildman–Crippen MR) is 85.5 cm³/mol. The molecule has 2 aliphatic rings. The molecule has 2 N–H and O–H groups in total. The summed E-state index contributed by atoms with van der Waals surface area (Å²) in [5.74, 6) is -0.591. The van der Waals surface area contributed by atoms with Crippen LogP contribution in [0.1, 0.15) is 43.8 Å². The number of halogens is 1. The molecule has 0 amide bonds. The summed E-state index contributed by atoms with van der Waals surface area (Å²) in [5, 5.41) is 0.601. The molecule has 0 bridgehead atoms. The van der Waals surface area contributed by atoms with Crippen molar-refractivity contribution in [2.75, 3.05) is 6.54 Å². The Morgan fingerprint density at radius 3 is 2.61 bits per heavy atom. The van der Waals surface area contributed by atoms with Crippen molar-refractivity contribution in [1.82, 2.24) is 4.72 Å². The van der Waals surface area contributed by atoms with Gasteiger partial charge >= 0.3 is 10.3 Å². The third kappa shape index (κ3) is 4.04. The molecule has 1 aliphatic carbocycles. The summed E-state index contributed by atoms with van der Waals surface area (Å²) in [7, 11) is -4.21. The van der Waals surface area contributed by atoms with Crippen molar-refractivity contribution in [3.63, 3.8) is 0 Å². The van der Waals surface area contributed by atoms with Crippen LogP contribution in [-0.2, 0) is 19.8 Å². The van der Waals surface area contributed by atoms with Crippen molar-refractivity contribution in [2.45, 2.75) is 50.1 Å². The van der Waals surface area contributed by atoms with E-state index in [1.807, 2.05) is 18.2 Å². The summed E-state index contributed by atoms with van der Waals surface area (Å²) < 4.78 is 44.9. The Kier molecular flexibility index (Phi) is 4.96. The molecule has 6 nitrogen and oxygen atoms in total. The van der Waals surface area contributed by atoms with Gasteiger partial charge in [-0.05, 0) is 25.3 Å². The molecule has 1 saturated carbocycles. The summed E-state index contributed by atoms with van der Waals surface area (Å²) in [6.45, 7) is 0.0733. The topological polar surface area (TPSA) is 84.9 Å². The maximum atomic E-state index is 10.8. The van der Waals surface area contributed by atoms with E-state index in [2.05, 4.69) is 4.72 Å². The van der Waals surface area contributed by atoms with E-state index in [4.69, 9.17) is 25.6 Å². The number of rotatable bonds is 5. The zero-order chi connectivity index (χ0) is 16.5. The summed E-state index contributed by atoms with van der Waals surface area (Å²) >= 11 is 6.28. The molecule has 1 aliphatic heterocycles. The quantitative estimate of drug-likeness (QED) is 0.788. The Bertz CT molecular complexity index is 660. The van der Waals surface area contributed by atoms with Crippen LogP contribution < -0.4 is 4.72 Å². The maximum absolute atomic E-state index is 10.8. The smallest absolute Gasteiger partial charge is 0.333 e. The van der Waals surface area contributed by atoms with Crippen LogP contribution in [0.25, 0.3) is 0 Å². The van der Waals surface area contributed by atoms with Gasteiger partial charge in [-0.1, -0.05) is 29.8 Å². The highest BCUT2D eigenvalue weighted by Gasteiger charge is 2.49. The van der Waals surface area contributed by atoms with E-state index in [1.54, 1.807) is 6.07 Å². The standard InChI is InChI=1S/C15H20ClNO5S/c16-12-6-2-1-5-11(12)14-13(7-10-17-23(18,19)20)21-15(22-14)8-3-4-9-15/h1-2,5-6,13-14,17H,3-4,7-10H2,(H,18,19,20). The first-order valence-electron chi connectivity index (χ1n) is 7.71. The first-order valence-corrected chi connectivity index (χ1v) is 9.52. The minimum absolute atomic E-state index is 0.0733. The highest BCUT2D eigenvalue weighted by atomic mass is 35.5. The summed E-state index contributed by atoms with van der Waals surface area (Å²) in [6, 6.07) is 7.43. The Labute approximate surface area is 141 Å². The van der Waals surface area contributed by atoms with Gasteiger partial charge in [-0.2, -0.15) is 13.1 Å². The number of hydrogen-bond acceptors (Lipinski definition) is 4. The molecule has 1 heterocycles. The Morgan fingerprint density at radius 1 is 1.26 bits per heavy atom. The SMILES string of the molecule is O=S(=O)(O)NCCC1OC2(CCCC2)OC1c1ccccc1Cl. The second kappa shape index (κ2) is 6.66. The molecule has 2 atom stereocenters. The predicted octanol–water partition coefficient (Wildman–Crippen LogP) is 2.85. The molecular formula is C15H20ClNO5S. The van der Waals surface area contributed by atoms with Crippen molar-refractivity contribution in [3.8, 4) is 0 Å². The lowest BCUT2D eigenvalue weighted by Crippen LogP contribution is -2.29. The first kappa shape index (κ1) is 17.1. The fourth-order valence-corrected chi connectivity index (χ4v) is 3.95. The molecule has 0 aromatic heterocycles. The number of nitrogens with one attached hydrogen (secondary N) is 1. The number of benzene rings is 1. The van der Waals surface area contributed by atoms with E-state index in [9.17, 15) is 8.42 Å². The van der Waals surface area contributed by atoms with E-state index in [0.29, 0.717) is 11.4 Å². The monoisotopic (exact) mass is 361 g/mol. The lowest BCUT2D eigenvalue weighted by molar-refractivity contribution is -0.170. The van der Waals surface area contributed by atoms with Crippen molar-refractivity contribution in [3.05, 3.63) is 34.9 Å². The molecule has 128 valence electrons. The van der Waals surface area contributed by atoms with Crippen LogP contribution in [0.3, 0.4) is 0 Å². The summed E-state index contributed by atoms with van der Waals surface area (Å²) in [6.07, 6.45) is 3.48. The first-order chi connectivity index (χ1) is 10.9. The molecule has 8 heteroatoms. The Morgan fingerprint density at radius 2 is 1.96 bits per heavy atom. The van der Waals surface area contributed by atoms with Gasteiger partial charge in [0.1, 0.15) is 6.10 Å². The minimum Gasteiger partial charge on any atom is -0.344 e. The van der Waals surface area contributed by atoms with Gasteiger partial charge in [-0.25, -0.2) is 0 Å². The third-order valence-electron chi connectivity index (χ3n) is 4.34. The molecule has 2 fully saturated rings. The number of hydrogen-bond donors (Lipinski definition) is 2. The van der Waals surface area contributed by atoms with Gasteiger partial charge in [0.15, 0.2) is 5.79 Å². The average molecular weight is 362 g/mol. The van der Waals surface area contributed by atoms with Gasteiger partial charge in [-0.3, -0.25) is 4.55 Å². The van der Waals surface area contributed by atoms with Crippen molar-refractivity contribution in [1.29, 1.82) is 0 Å². The molecule has 1 saturated heterocycles. The summed E-state index contributed by atoms with van der Waals surface area (Å²) in [5.41, 5.74) is 0.842. The minimum atomic E-state index is -4.21. The average Bonchev–Trinajstić information content (AvgIpc) is 3.06. The van der Waals surface area contributed by atoms with Crippen LogP contribution in [0.2, 0.25) is 5.02 Å². The second-order valence-corrected chi connectivity index (χ2v) is 7.64. The fraction of sp³-hybridized carbons (Fsp3) is 0.600. The van der Waals surface area contributed by atoms with E-state index in [1.165, 1.54) is 0 Å². The second-order valence-electron chi connectivity index (χ2n) is 5.99. The van der Waals surface area contributed by atoms with Crippen molar-refractivity contribution < 1.29 is 22.4 Å². The normalized spacial score (nSPS) is 26.9. The van der Waals surface area contributed by atoms with E-state index >= 15 is 0 Å². The molecule has 1 aromatic rings. The molecule has 23 heavy (non-hydrogen) atoms. The molecule has 1 spiro atoms. The molecule has 1 aromatic carbocycles. The van der Waals surface area contributed by atoms with E-state index in [0.717, 1.165) is 31.2 Å². The van der Waals surface area contributed by atoms with Gasteiger partial charge in [0.2, 0.25) is 0 Å². The third-order valence-corrected chi connectivity index (χ3v) is 5.25. The molecule has 0 radical (unpaired) electrons. The zero-order valence-corrected chi connectivity index (χ0v) is 14.1. The van der Waals surface area contributed by atoms with Crippen LogP contribution in [0.15, 0.2) is 24.3 Å². The molecular weight excluding hydrogens is 342 g/mol. The van der Waals surface area contributed by atoms with Crippen molar-refractivity contribution >= 4 is 21.9 Å². The van der Waals surface area contributed by atoms with Gasteiger partial charge in [0.25, 0.3) is 0 Å².